The molecule has 0 unspecified atom stereocenters. The number of pyridine rings is 1. The van der Waals surface area contributed by atoms with E-state index in [1.807, 2.05) is 0 Å². The van der Waals surface area contributed by atoms with Gasteiger partial charge in [-0.05, 0) is 25.8 Å². The highest BCUT2D eigenvalue weighted by atomic mass is 35.5. The third kappa shape index (κ3) is 2.73. The van der Waals surface area contributed by atoms with Gasteiger partial charge in [0, 0.05) is 11.7 Å². The molecule has 98 valence electrons. The second-order valence-electron chi connectivity index (χ2n) is 4.92. The van der Waals surface area contributed by atoms with Crippen molar-refractivity contribution in [1.29, 1.82) is 0 Å². The van der Waals surface area contributed by atoms with Crippen LogP contribution in [0.5, 0.6) is 0 Å². The highest BCUT2D eigenvalue weighted by molar-refractivity contribution is 6.33. The fourth-order valence-corrected chi connectivity index (χ4v) is 2.52. The van der Waals surface area contributed by atoms with Gasteiger partial charge in [0.05, 0.1) is 10.6 Å². The molecule has 1 amide bonds. The Kier molecular flexibility index (Phi) is 3.73. The van der Waals surface area contributed by atoms with Crippen LogP contribution in [-0.4, -0.2) is 16.4 Å². The molecular formula is C12H17ClN4O. The third-order valence-electron chi connectivity index (χ3n) is 3.36. The van der Waals surface area contributed by atoms with E-state index in [1.54, 1.807) is 6.07 Å². The van der Waals surface area contributed by atoms with Gasteiger partial charge in [0.1, 0.15) is 0 Å². The van der Waals surface area contributed by atoms with Crippen LogP contribution < -0.4 is 16.6 Å². The fraction of sp³-hybridized carbons (Fsp3) is 0.500. The molecule has 4 N–H and O–H groups in total. The summed E-state index contributed by atoms with van der Waals surface area (Å²) in [5.41, 5.74) is 2.72. The number of nitrogen functional groups attached to an aromatic ring is 1. The Morgan fingerprint density at radius 2 is 2.17 bits per heavy atom. The molecule has 0 aliphatic heterocycles. The number of nitrogens with two attached hydrogens (primary N) is 1. The van der Waals surface area contributed by atoms with E-state index in [1.165, 1.54) is 6.20 Å². The Morgan fingerprint density at radius 1 is 1.50 bits per heavy atom. The van der Waals surface area contributed by atoms with E-state index in [9.17, 15) is 4.79 Å². The molecule has 1 fully saturated rings. The van der Waals surface area contributed by atoms with Crippen LogP contribution in [0.15, 0.2) is 12.3 Å². The van der Waals surface area contributed by atoms with Gasteiger partial charge in [-0.2, -0.15) is 0 Å². The van der Waals surface area contributed by atoms with Gasteiger partial charge >= 0.3 is 0 Å². The maximum atomic E-state index is 12.1. The lowest BCUT2D eigenvalue weighted by atomic mass is 10.0. The summed E-state index contributed by atoms with van der Waals surface area (Å²) in [4.78, 5) is 16.1. The number of nitrogens with zero attached hydrogens (tertiary/aromatic N) is 1. The van der Waals surface area contributed by atoms with E-state index in [0.29, 0.717) is 16.4 Å². The van der Waals surface area contributed by atoms with Gasteiger partial charge in [0.25, 0.3) is 5.91 Å². The molecule has 1 aliphatic rings. The first kappa shape index (κ1) is 13.1. The molecule has 0 bridgehead atoms. The van der Waals surface area contributed by atoms with Crippen molar-refractivity contribution in [3.05, 3.63) is 22.8 Å². The lowest BCUT2D eigenvalue weighted by Gasteiger charge is -2.25. The van der Waals surface area contributed by atoms with Crippen molar-refractivity contribution in [2.45, 2.75) is 38.1 Å². The second-order valence-corrected chi connectivity index (χ2v) is 5.33. The predicted octanol–water partition coefficient (Wildman–Crippen LogP) is 2.08. The van der Waals surface area contributed by atoms with Gasteiger partial charge in [-0.15, -0.1) is 0 Å². The molecule has 1 aliphatic carbocycles. The lowest BCUT2D eigenvalue weighted by molar-refractivity contribution is 0.0908. The number of nitrogens with one attached hydrogen (secondary N) is 2. The van der Waals surface area contributed by atoms with E-state index < -0.39 is 0 Å². The van der Waals surface area contributed by atoms with Crippen LogP contribution in [-0.2, 0) is 0 Å². The van der Waals surface area contributed by atoms with Crippen LogP contribution in [0.3, 0.4) is 0 Å². The molecule has 1 saturated carbocycles. The van der Waals surface area contributed by atoms with Crippen molar-refractivity contribution in [3.63, 3.8) is 0 Å². The van der Waals surface area contributed by atoms with Gasteiger partial charge < -0.3 is 10.7 Å². The fourth-order valence-electron chi connectivity index (χ4n) is 2.29. The topological polar surface area (TPSA) is 80.0 Å². The Bertz CT molecular complexity index is 457. The van der Waals surface area contributed by atoms with Gasteiger partial charge in [-0.3, -0.25) is 4.79 Å². The molecule has 6 heteroatoms. The average molecular weight is 269 g/mol. The summed E-state index contributed by atoms with van der Waals surface area (Å²) >= 11 is 5.94. The van der Waals surface area contributed by atoms with Gasteiger partial charge in [0.2, 0.25) is 0 Å². The molecule has 1 heterocycles. The van der Waals surface area contributed by atoms with E-state index >= 15 is 0 Å². The van der Waals surface area contributed by atoms with Gasteiger partial charge in [-0.1, -0.05) is 24.4 Å². The van der Waals surface area contributed by atoms with Crippen molar-refractivity contribution < 1.29 is 4.79 Å². The van der Waals surface area contributed by atoms with Gasteiger partial charge in [0.15, 0.2) is 5.82 Å². The first-order valence-electron chi connectivity index (χ1n) is 5.99. The Morgan fingerprint density at radius 3 is 2.72 bits per heavy atom. The molecule has 1 aromatic rings. The van der Waals surface area contributed by atoms with Crippen LogP contribution in [0.1, 0.15) is 43.0 Å². The van der Waals surface area contributed by atoms with Gasteiger partial charge in [-0.25, -0.2) is 10.8 Å². The summed E-state index contributed by atoms with van der Waals surface area (Å²) in [7, 11) is 0. The van der Waals surface area contributed by atoms with Crippen LogP contribution in [0, 0.1) is 0 Å². The van der Waals surface area contributed by atoms with Crippen LogP contribution in [0.4, 0.5) is 5.82 Å². The van der Waals surface area contributed by atoms with E-state index in [-0.39, 0.29) is 11.4 Å². The summed E-state index contributed by atoms with van der Waals surface area (Å²) in [6, 6.07) is 1.57. The molecule has 5 nitrogen and oxygen atoms in total. The lowest BCUT2D eigenvalue weighted by Crippen LogP contribution is -2.43. The van der Waals surface area contributed by atoms with Crippen molar-refractivity contribution >= 4 is 23.3 Å². The van der Waals surface area contributed by atoms with E-state index in [2.05, 4.69) is 22.7 Å². The minimum atomic E-state index is -0.141. The number of anilines is 1. The molecule has 0 aromatic carbocycles. The summed E-state index contributed by atoms with van der Waals surface area (Å²) in [6.45, 7) is 2.07. The number of hydrogen-bond donors (Lipinski definition) is 3. The molecule has 18 heavy (non-hydrogen) atoms. The van der Waals surface area contributed by atoms with Crippen molar-refractivity contribution in [2.75, 3.05) is 5.43 Å². The van der Waals surface area contributed by atoms with Crippen LogP contribution in [0.2, 0.25) is 5.02 Å². The zero-order chi connectivity index (χ0) is 13.2. The number of carbonyl (C=O) groups is 1. The highest BCUT2D eigenvalue weighted by Crippen LogP contribution is 2.29. The number of amides is 1. The number of carbonyl (C=O) groups excluding carboxylic acids is 1. The van der Waals surface area contributed by atoms with Crippen molar-refractivity contribution in [3.8, 4) is 0 Å². The molecule has 1 aromatic heterocycles. The predicted molar refractivity (Wildman–Crippen MR) is 71.4 cm³/mol. The maximum absolute atomic E-state index is 12.1. The summed E-state index contributed by atoms with van der Waals surface area (Å²) in [6.07, 6.45) is 5.82. The highest BCUT2D eigenvalue weighted by Gasteiger charge is 2.30. The number of halogens is 1. The molecule has 0 saturated heterocycles. The minimum absolute atomic E-state index is 0.103. The zero-order valence-electron chi connectivity index (χ0n) is 10.3. The minimum Gasteiger partial charge on any atom is -0.347 e. The largest absolute Gasteiger partial charge is 0.347 e. The first-order valence-corrected chi connectivity index (χ1v) is 6.36. The second kappa shape index (κ2) is 5.12. The average Bonchev–Trinajstić information content (AvgIpc) is 2.75. The zero-order valence-corrected chi connectivity index (χ0v) is 11.0. The van der Waals surface area contributed by atoms with Crippen molar-refractivity contribution in [1.82, 2.24) is 10.3 Å². The normalized spacial score (nSPS) is 17.5. The quantitative estimate of drug-likeness (QED) is 0.579. The Hall–Kier alpha value is -1.33. The third-order valence-corrected chi connectivity index (χ3v) is 3.65. The first-order chi connectivity index (χ1) is 8.54. The standard InChI is InChI=1S/C12H17ClN4O/c1-12(4-2-3-5-12)16-11(18)8-6-9(13)10(17-14)15-7-8/h6-7H,2-5,14H2,1H3,(H,15,17)(H,16,18). The van der Waals surface area contributed by atoms with E-state index in [4.69, 9.17) is 17.4 Å². The SMILES string of the molecule is CC1(NC(=O)c2cnc(NN)c(Cl)c2)CCCC1. The number of aromatic nitrogens is 1. The Labute approximate surface area is 111 Å². The number of hydrogen-bond acceptors (Lipinski definition) is 4. The molecule has 0 spiro atoms. The molecular weight excluding hydrogens is 252 g/mol. The Balaban J connectivity index is 2.11. The van der Waals surface area contributed by atoms with Crippen LogP contribution in [0.25, 0.3) is 0 Å². The van der Waals surface area contributed by atoms with Crippen LogP contribution >= 0.6 is 11.6 Å². The molecule has 0 atom stereocenters. The maximum Gasteiger partial charge on any atom is 0.253 e. The number of hydrazine groups is 1. The summed E-state index contributed by atoms with van der Waals surface area (Å²) in [5, 5.41) is 3.38. The number of rotatable bonds is 3. The molecule has 0 radical (unpaired) electrons. The summed E-state index contributed by atoms with van der Waals surface area (Å²) < 4.78 is 0. The smallest absolute Gasteiger partial charge is 0.253 e. The summed E-state index contributed by atoms with van der Waals surface area (Å²) in [5.74, 6) is 5.45. The van der Waals surface area contributed by atoms with Crippen molar-refractivity contribution in [2.24, 2.45) is 5.84 Å². The van der Waals surface area contributed by atoms with E-state index in [0.717, 1.165) is 25.7 Å². The molecule has 2 rings (SSSR count). The monoisotopic (exact) mass is 268 g/mol.